The van der Waals surface area contributed by atoms with E-state index in [0.717, 1.165) is 5.56 Å². The predicted molar refractivity (Wildman–Crippen MR) is 95.2 cm³/mol. The number of sulfonamides is 1. The van der Waals surface area contributed by atoms with E-state index < -0.39 is 22.5 Å². The highest BCUT2D eigenvalue weighted by Crippen LogP contribution is 2.12. The smallest absolute Gasteiger partial charge is 0.321 e. The van der Waals surface area contributed by atoms with Gasteiger partial charge in [0.1, 0.15) is 6.54 Å². The van der Waals surface area contributed by atoms with Gasteiger partial charge in [-0.05, 0) is 36.9 Å². The van der Waals surface area contributed by atoms with E-state index in [1.54, 1.807) is 24.3 Å². The molecule has 0 saturated carbocycles. The number of ether oxygens (including phenoxy) is 1. The number of esters is 1. The molecule has 0 bridgehead atoms. The van der Waals surface area contributed by atoms with Gasteiger partial charge in [-0.3, -0.25) is 9.59 Å². The van der Waals surface area contributed by atoms with Crippen LogP contribution in [-0.4, -0.2) is 33.3 Å². The highest BCUT2D eigenvalue weighted by Gasteiger charge is 2.16. The van der Waals surface area contributed by atoms with Crippen LogP contribution in [0, 0.1) is 6.92 Å². The number of hydrogen-bond acceptors (Lipinski definition) is 6. The quantitative estimate of drug-likeness (QED) is 0.410. The predicted octanol–water partition coefficient (Wildman–Crippen LogP) is 2.54. The van der Waals surface area contributed by atoms with Crippen molar-refractivity contribution >= 4 is 33.1 Å². The highest BCUT2D eigenvalue weighted by atomic mass is 32.2. The summed E-state index contributed by atoms with van der Waals surface area (Å²) < 4.78 is 31.2. The van der Waals surface area contributed by atoms with Crippen LogP contribution < -0.4 is 4.72 Å². The van der Waals surface area contributed by atoms with E-state index in [4.69, 9.17) is 4.74 Å². The zero-order chi connectivity index (χ0) is 18.3. The van der Waals surface area contributed by atoms with Crippen molar-refractivity contribution in [3.8, 4) is 0 Å². The van der Waals surface area contributed by atoms with Gasteiger partial charge in [0.05, 0.1) is 16.4 Å². The van der Waals surface area contributed by atoms with Gasteiger partial charge in [-0.1, -0.05) is 23.8 Å². The summed E-state index contributed by atoms with van der Waals surface area (Å²) in [6, 6.07) is 9.85. The summed E-state index contributed by atoms with van der Waals surface area (Å²) in [4.78, 5) is 24.2. The molecule has 0 spiro atoms. The van der Waals surface area contributed by atoms with E-state index in [2.05, 4.69) is 4.72 Å². The Hall–Kier alpha value is -2.03. The maximum Gasteiger partial charge on any atom is 0.321 e. The molecule has 25 heavy (non-hydrogen) atoms. The SMILES string of the molecule is Cc1ccc(S(=O)(=O)NCC(=O)OCCCC(=O)c2cccs2)cc1. The van der Waals surface area contributed by atoms with Gasteiger partial charge in [-0.15, -0.1) is 11.3 Å². The van der Waals surface area contributed by atoms with Crippen LogP contribution in [-0.2, 0) is 19.6 Å². The Labute approximate surface area is 150 Å². The van der Waals surface area contributed by atoms with E-state index in [1.165, 1.54) is 23.5 Å². The minimum atomic E-state index is -3.75. The largest absolute Gasteiger partial charge is 0.465 e. The molecule has 0 atom stereocenters. The number of aryl methyl sites for hydroxylation is 1. The monoisotopic (exact) mass is 381 g/mol. The molecule has 1 heterocycles. The Morgan fingerprint density at radius 1 is 1.16 bits per heavy atom. The first-order valence-corrected chi connectivity index (χ1v) is 10.0. The Morgan fingerprint density at radius 2 is 1.88 bits per heavy atom. The molecule has 1 N–H and O–H groups in total. The summed E-state index contributed by atoms with van der Waals surface area (Å²) >= 11 is 1.37. The lowest BCUT2D eigenvalue weighted by Gasteiger charge is -2.07. The van der Waals surface area contributed by atoms with Gasteiger partial charge >= 0.3 is 5.97 Å². The summed E-state index contributed by atoms with van der Waals surface area (Å²) in [7, 11) is -3.75. The van der Waals surface area contributed by atoms with Gasteiger partial charge in [0, 0.05) is 6.42 Å². The number of nitrogens with one attached hydrogen (secondary N) is 1. The van der Waals surface area contributed by atoms with Gasteiger partial charge < -0.3 is 4.74 Å². The molecule has 1 aromatic carbocycles. The van der Waals surface area contributed by atoms with Crippen molar-refractivity contribution in [3.05, 3.63) is 52.2 Å². The molecule has 134 valence electrons. The Balaban J connectivity index is 1.70. The summed E-state index contributed by atoms with van der Waals surface area (Å²) in [5.74, 6) is -0.676. The fraction of sp³-hybridized carbons (Fsp3) is 0.294. The molecule has 2 aromatic rings. The van der Waals surface area contributed by atoms with Crippen LogP contribution >= 0.6 is 11.3 Å². The molecule has 2 rings (SSSR count). The first kappa shape index (κ1) is 19.3. The van der Waals surface area contributed by atoms with Gasteiger partial charge in [0.25, 0.3) is 0 Å². The van der Waals surface area contributed by atoms with Crippen molar-refractivity contribution in [2.24, 2.45) is 0 Å². The molecular weight excluding hydrogens is 362 g/mol. The standard InChI is InChI=1S/C17H19NO5S2/c1-13-6-8-14(9-7-13)25(21,22)18-12-17(20)23-10-2-4-15(19)16-5-3-11-24-16/h3,5-9,11,18H,2,4,10,12H2,1H3. The van der Waals surface area contributed by atoms with Crippen molar-refractivity contribution in [2.45, 2.75) is 24.7 Å². The summed E-state index contributed by atoms with van der Waals surface area (Å²) in [6.45, 7) is 1.47. The number of carbonyl (C=O) groups is 2. The van der Waals surface area contributed by atoms with Crippen molar-refractivity contribution in [1.82, 2.24) is 4.72 Å². The third-order valence-electron chi connectivity index (χ3n) is 3.35. The number of thiophene rings is 1. The number of Topliss-reactive ketones (excluding diaryl/α,β-unsaturated/α-hetero) is 1. The average molecular weight is 381 g/mol. The molecule has 1 aromatic heterocycles. The minimum Gasteiger partial charge on any atom is -0.465 e. The van der Waals surface area contributed by atoms with Gasteiger partial charge in [0.15, 0.2) is 5.78 Å². The average Bonchev–Trinajstić information content (AvgIpc) is 3.12. The second kappa shape index (κ2) is 8.89. The molecule has 6 nitrogen and oxygen atoms in total. The number of carbonyl (C=O) groups excluding carboxylic acids is 2. The molecule has 8 heteroatoms. The van der Waals surface area contributed by atoms with E-state index in [0.29, 0.717) is 11.3 Å². The second-order valence-corrected chi connectivity index (χ2v) is 8.08. The molecule has 0 saturated heterocycles. The van der Waals surface area contributed by atoms with Gasteiger partial charge in [-0.25, -0.2) is 8.42 Å². The Kier molecular flexibility index (Phi) is 6.86. The van der Waals surface area contributed by atoms with Crippen LogP contribution in [0.3, 0.4) is 0 Å². The molecule has 0 radical (unpaired) electrons. The third kappa shape index (κ3) is 6.08. The Bertz CT molecular complexity index is 811. The lowest BCUT2D eigenvalue weighted by Crippen LogP contribution is -2.30. The lowest BCUT2D eigenvalue weighted by molar-refractivity contribution is -0.142. The van der Waals surface area contributed by atoms with E-state index in [1.807, 2.05) is 12.3 Å². The first-order valence-electron chi connectivity index (χ1n) is 7.67. The maximum atomic E-state index is 12.0. The zero-order valence-electron chi connectivity index (χ0n) is 13.7. The zero-order valence-corrected chi connectivity index (χ0v) is 15.4. The molecule has 0 amide bonds. The summed E-state index contributed by atoms with van der Waals surface area (Å²) in [6.07, 6.45) is 0.677. The fourth-order valence-electron chi connectivity index (χ4n) is 1.98. The highest BCUT2D eigenvalue weighted by molar-refractivity contribution is 7.89. The lowest BCUT2D eigenvalue weighted by atomic mass is 10.2. The van der Waals surface area contributed by atoms with Crippen LogP contribution in [0.25, 0.3) is 0 Å². The second-order valence-electron chi connectivity index (χ2n) is 5.36. The van der Waals surface area contributed by atoms with E-state index in [9.17, 15) is 18.0 Å². The van der Waals surface area contributed by atoms with Crippen molar-refractivity contribution in [3.63, 3.8) is 0 Å². The summed E-state index contributed by atoms with van der Waals surface area (Å²) in [5.41, 5.74) is 0.940. The third-order valence-corrected chi connectivity index (χ3v) is 5.67. The normalized spacial score (nSPS) is 11.2. The van der Waals surface area contributed by atoms with Crippen LogP contribution in [0.5, 0.6) is 0 Å². The molecule has 0 fully saturated rings. The molecule has 0 aliphatic carbocycles. The molecular formula is C17H19NO5S2. The fourth-order valence-corrected chi connectivity index (χ4v) is 3.65. The van der Waals surface area contributed by atoms with Crippen LogP contribution in [0.4, 0.5) is 0 Å². The van der Waals surface area contributed by atoms with Crippen molar-refractivity contribution in [1.29, 1.82) is 0 Å². The van der Waals surface area contributed by atoms with E-state index in [-0.39, 0.29) is 23.7 Å². The molecule has 0 unspecified atom stereocenters. The number of benzene rings is 1. The number of ketones is 1. The van der Waals surface area contributed by atoms with Crippen LogP contribution in [0.1, 0.15) is 28.1 Å². The first-order chi connectivity index (χ1) is 11.9. The molecule has 0 aliphatic rings. The van der Waals surface area contributed by atoms with Gasteiger partial charge in [0.2, 0.25) is 10.0 Å². The minimum absolute atomic E-state index is 0.00567. The number of hydrogen-bond donors (Lipinski definition) is 1. The van der Waals surface area contributed by atoms with E-state index >= 15 is 0 Å². The van der Waals surface area contributed by atoms with Crippen LogP contribution in [0.2, 0.25) is 0 Å². The van der Waals surface area contributed by atoms with Crippen molar-refractivity contribution < 1.29 is 22.7 Å². The number of rotatable bonds is 9. The summed E-state index contributed by atoms with van der Waals surface area (Å²) in [5, 5.41) is 1.83. The Morgan fingerprint density at radius 3 is 2.52 bits per heavy atom. The van der Waals surface area contributed by atoms with Gasteiger partial charge in [-0.2, -0.15) is 4.72 Å². The molecule has 0 aliphatic heterocycles. The van der Waals surface area contributed by atoms with Crippen LogP contribution in [0.15, 0.2) is 46.7 Å². The topological polar surface area (TPSA) is 89.5 Å². The maximum absolute atomic E-state index is 12.0. The van der Waals surface area contributed by atoms with Crippen molar-refractivity contribution in [2.75, 3.05) is 13.2 Å².